The van der Waals surface area contributed by atoms with Gasteiger partial charge < -0.3 is 19.1 Å². The predicted octanol–water partition coefficient (Wildman–Crippen LogP) is 6.22. The SMILES string of the molecule is C[C@@H]1CC(OCCOC2CCC(N3C(=S)N(c4ccc(C#N)c(C(F)(F)F)c4)C(=O)C3(C)C)CC2)C[C@H](C)N1CC(=O)OC(C)(C)C. The number of ether oxygens (including phenoxy) is 3. The number of thiocarbonyl (C=S) groups is 1. The number of likely N-dealkylation sites (tertiary alicyclic amines) is 1. The fraction of sp³-hybridized carbons (Fsp3) is 0.706. The Balaban J connectivity index is 1.25. The zero-order valence-corrected chi connectivity index (χ0v) is 29.2. The summed E-state index contributed by atoms with van der Waals surface area (Å²) in [6.45, 7) is 14.5. The summed E-state index contributed by atoms with van der Waals surface area (Å²) < 4.78 is 58.8. The van der Waals surface area contributed by atoms with E-state index in [1.54, 1.807) is 19.9 Å². The molecule has 1 unspecified atom stereocenters. The van der Waals surface area contributed by atoms with Gasteiger partial charge in [0, 0.05) is 18.1 Å². The molecule has 3 aliphatic rings. The van der Waals surface area contributed by atoms with Crippen LogP contribution in [0.1, 0.15) is 98.1 Å². The lowest BCUT2D eigenvalue weighted by Gasteiger charge is -2.42. The number of hydrogen-bond donors (Lipinski definition) is 0. The van der Waals surface area contributed by atoms with Gasteiger partial charge in [-0.05, 0) is 117 Å². The van der Waals surface area contributed by atoms with Crippen molar-refractivity contribution in [3.63, 3.8) is 0 Å². The van der Waals surface area contributed by atoms with E-state index in [0.717, 1.165) is 42.7 Å². The summed E-state index contributed by atoms with van der Waals surface area (Å²) in [4.78, 5) is 31.1. The van der Waals surface area contributed by atoms with Crippen molar-refractivity contribution in [3.8, 4) is 6.07 Å². The molecule has 0 N–H and O–H groups in total. The number of nitriles is 1. The molecule has 0 radical (unpaired) electrons. The second-order valence-corrected chi connectivity index (χ2v) is 14.8. The lowest BCUT2D eigenvalue weighted by molar-refractivity contribution is -0.159. The highest BCUT2D eigenvalue weighted by molar-refractivity contribution is 7.80. The minimum Gasteiger partial charge on any atom is -0.459 e. The monoisotopic (exact) mass is 680 g/mol. The van der Waals surface area contributed by atoms with Gasteiger partial charge in [-0.3, -0.25) is 19.4 Å². The van der Waals surface area contributed by atoms with Crippen LogP contribution >= 0.6 is 12.2 Å². The Labute approximate surface area is 281 Å². The van der Waals surface area contributed by atoms with Gasteiger partial charge in [0.1, 0.15) is 11.1 Å². The number of amides is 1. The molecule has 260 valence electrons. The van der Waals surface area contributed by atoms with Crippen LogP contribution in [-0.2, 0) is 30.0 Å². The molecule has 1 amide bonds. The van der Waals surface area contributed by atoms with Crippen LogP contribution in [0.5, 0.6) is 0 Å². The Bertz CT molecular complexity index is 1350. The van der Waals surface area contributed by atoms with Crippen LogP contribution in [0.3, 0.4) is 0 Å². The van der Waals surface area contributed by atoms with Crippen molar-refractivity contribution in [1.29, 1.82) is 5.26 Å². The van der Waals surface area contributed by atoms with Crippen LogP contribution in [0.4, 0.5) is 18.9 Å². The molecule has 0 bridgehead atoms. The zero-order valence-electron chi connectivity index (χ0n) is 28.4. The van der Waals surface area contributed by atoms with Crippen molar-refractivity contribution in [2.75, 3.05) is 24.7 Å². The highest BCUT2D eigenvalue weighted by atomic mass is 32.1. The lowest BCUT2D eigenvalue weighted by Crippen LogP contribution is -2.51. The van der Waals surface area contributed by atoms with Crippen LogP contribution in [0.2, 0.25) is 0 Å². The van der Waals surface area contributed by atoms with Crippen molar-refractivity contribution in [2.24, 2.45) is 0 Å². The fourth-order valence-electron chi connectivity index (χ4n) is 7.09. The first-order chi connectivity index (χ1) is 21.8. The third-order valence-electron chi connectivity index (χ3n) is 9.28. The van der Waals surface area contributed by atoms with E-state index < -0.39 is 34.4 Å². The maximum atomic E-state index is 13.6. The van der Waals surface area contributed by atoms with Gasteiger partial charge in [-0.25, -0.2) is 0 Å². The van der Waals surface area contributed by atoms with Crippen LogP contribution in [-0.4, -0.2) is 88.0 Å². The van der Waals surface area contributed by atoms with Gasteiger partial charge in [-0.1, -0.05) is 0 Å². The molecule has 9 nitrogen and oxygen atoms in total. The Morgan fingerprint density at radius 3 is 2.13 bits per heavy atom. The summed E-state index contributed by atoms with van der Waals surface area (Å²) in [7, 11) is 0. The van der Waals surface area contributed by atoms with Gasteiger partial charge in [-0.2, -0.15) is 18.4 Å². The van der Waals surface area contributed by atoms with E-state index in [2.05, 4.69) is 18.7 Å². The van der Waals surface area contributed by atoms with E-state index in [1.165, 1.54) is 6.07 Å². The summed E-state index contributed by atoms with van der Waals surface area (Å²) >= 11 is 5.70. The number of alkyl halides is 3. The number of carbonyl (C=O) groups excluding carboxylic acids is 2. The van der Waals surface area contributed by atoms with Crippen LogP contribution < -0.4 is 4.90 Å². The van der Waals surface area contributed by atoms with E-state index in [1.807, 2.05) is 25.7 Å². The Hall–Kier alpha value is -2.79. The van der Waals surface area contributed by atoms with Crippen molar-refractivity contribution < 1.29 is 37.0 Å². The molecule has 2 saturated heterocycles. The molecule has 3 fully saturated rings. The van der Waals surface area contributed by atoms with Crippen LogP contribution in [0, 0.1) is 11.3 Å². The molecule has 1 aromatic rings. The van der Waals surface area contributed by atoms with Crippen molar-refractivity contribution >= 4 is 34.9 Å². The molecule has 0 spiro atoms. The van der Waals surface area contributed by atoms with Crippen LogP contribution in [0.15, 0.2) is 18.2 Å². The number of piperidine rings is 1. The van der Waals surface area contributed by atoms with Gasteiger partial charge in [0.25, 0.3) is 5.91 Å². The minimum absolute atomic E-state index is 0.00331. The molecule has 2 aliphatic heterocycles. The van der Waals surface area contributed by atoms with Gasteiger partial charge >= 0.3 is 12.1 Å². The fourth-order valence-corrected chi connectivity index (χ4v) is 7.65. The maximum absolute atomic E-state index is 13.6. The average molecular weight is 681 g/mol. The first kappa shape index (κ1) is 37.0. The molecule has 47 heavy (non-hydrogen) atoms. The molecule has 1 aliphatic carbocycles. The van der Waals surface area contributed by atoms with E-state index in [9.17, 15) is 22.8 Å². The normalized spacial score (nSPS) is 27.2. The summed E-state index contributed by atoms with van der Waals surface area (Å²) in [6, 6.07) is 5.09. The topological polar surface area (TPSA) is 95.3 Å². The molecule has 2 heterocycles. The number of esters is 1. The highest BCUT2D eigenvalue weighted by Crippen LogP contribution is 2.40. The van der Waals surface area contributed by atoms with Crippen molar-refractivity contribution in [3.05, 3.63) is 29.3 Å². The number of nitrogens with zero attached hydrogens (tertiary/aromatic N) is 4. The van der Waals surface area contributed by atoms with E-state index in [-0.39, 0.29) is 53.6 Å². The summed E-state index contributed by atoms with van der Waals surface area (Å²) in [5, 5.41) is 9.33. The Kier molecular flexibility index (Phi) is 11.3. The number of rotatable bonds is 9. The predicted molar refractivity (Wildman–Crippen MR) is 175 cm³/mol. The van der Waals surface area contributed by atoms with Gasteiger partial charge in [0.2, 0.25) is 0 Å². The zero-order chi connectivity index (χ0) is 34.9. The first-order valence-corrected chi connectivity index (χ1v) is 16.7. The first-order valence-electron chi connectivity index (χ1n) is 16.3. The van der Waals surface area contributed by atoms with Gasteiger partial charge in [0.15, 0.2) is 5.11 Å². The van der Waals surface area contributed by atoms with E-state index >= 15 is 0 Å². The van der Waals surface area contributed by atoms with Crippen molar-refractivity contribution in [1.82, 2.24) is 9.80 Å². The highest BCUT2D eigenvalue weighted by Gasteiger charge is 2.52. The average Bonchev–Trinajstić information content (AvgIpc) is 3.14. The second-order valence-electron chi connectivity index (χ2n) is 14.4. The van der Waals surface area contributed by atoms with Gasteiger partial charge in [-0.15, -0.1) is 0 Å². The third kappa shape index (κ3) is 8.63. The molecule has 1 aromatic carbocycles. The van der Waals surface area contributed by atoms with Crippen molar-refractivity contribution in [2.45, 2.75) is 135 Å². The maximum Gasteiger partial charge on any atom is 0.417 e. The third-order valence-corrected chi connectivity index (χ3v) is 9.66. The second kappa shape index (κ2) is 14.4. The largest absolute Gasteiger partial charge is 0.459 e. The molecule has 3 atom stereocenters. The van der Waals surface area contributed by atoms with E-state index in [4.69, 9.17) is 31.7 Å². The smallest absolute Gasteiger partial charge is 0.417 e. The number of benzene rings is 1. The molecule has 1 saturated carbocycles. The summed E-state index contributed by atoms with van der Waals surface area (Å²) in [5.74, 6) is -0.626. The number of hydrogen-bond acceptors (Lipinski definition) is 8. The quantitative estimate of drug-likeness (QED) is 0.171. The van der Waals surface area contributed by atoms with E-state index in [0.29, 0.717) is 26.1 Å². The number of carbonyl (C=O) groups is 2. The van der Waals surface area contributed by atoms with Crippen LogP contribution in [0.25, 0.3) is 0 Å². The Morgan fingerprint density at radius 2 is 1.60 bits per heavy atom. The summed E-state index contributed by atoms with van der Waals surface area (Å²) in [6.07, 6.45) is -0.0782. The minimum atomic E-state index is -4.75. The molecular weight excluding hydrogens is 633 g/mol. The van der Waals surface area contributed by atoms with Gasteiger partial charge in [0.05, 0.1) is 54.8 Å². The Morgan fingerprint density at radius 1 is 1.02 bits per heavy atom. The molecule has 4 rings (SSSR count). The number of anilines is 1. The molecule has 13 heteroatoms. The molecule has 0 aromatic heterocycles. The molecular formula is C34H47F3N4O5S. The lowest BCUT2D eigenvalue weighted by atomic mass is 9.89. The standard InChI is InChI=1S/C34H47F3N4O5S/c1-21-16-27(17-22(2)39(21)20-29(42)46-32(3,4)5)45-15-14-44-26-12-10-24(11-13-26)41-31(47)40(30(43)33(41,6)7)25-9-8-23(19-38)28(18-25)34(35,36)37/h8-9,18,21-22,24,26-27H,10-17,20H2,1-7H3/t21-,22+,24?,26?,27?. The summed E-state index contributed by atoms with van der Waals surface area (Å²) in [5.41, 5.74) is -3.17. The number of halogens is 3.